The molecule has 2 aromatic heterocycles. The van der Waals surface area contributed by atoms with Gasteiger partial charge in [0.2, 0.25) is 5.91 Å². The van der Waals surface area contributed by atoms with Crippen molar-refractivity contribution in [1.29, 1.82) is 0 Å². The summed E-state index contributed by atoms with van der Waals surface area (Å²) in [6, 6.07) is 5.75. The Morgan fingerprint density at radius 3 is 2.95 bits per heavy atom. The van der Waals surface area contributed by atoms with Gasteiger partial charge in [-0.25, -0.2) is 4.98 Å². The van der Waals surface area contributed by atoms with E-state index in [4.69, 9.17) is 0 Å². The molecule has 0 unspecified atom stereocenters. The average molecular weight is 313 g/mol. The van der Waals surface area contributed by atoms with Crippen LogP contribution in [0.15, 0.2) is 29.8 Å². The lowest BCUT2D eigenvalue weighted by atomic mass is 9.86. The van der Waals surface area contributed by atoms with Gasteiger partial charge in [0.05, 0.1) is 5.69 Å². The molecule has 5 heteroatoms. The predicted molar refractivity (Wildman–Crippen MR) is 87.5 cm³/mol. The van der Waals surface area contributed by atoms with Crippen LogP contribution in [-0.4, -0.2) is 15.9 Å². The van der Waals surface area contributed by atoms with Crippen molar-refractivity contribution in [3.8, 4) is 11.4 Å². The van der Waals surface area contributed by atoms with Gasteiger partial charge in [-0.3, -0.25) is 9.78 Å². The maximum atomic E-state index is 12.2. The molecule has 1 amide bonds. The van der Waals surface area contributed by atoms with E-state index >= 15 is 0 Å². The Morgan fingerprint density at radius 2 is 2.23 bits per heavy atom. The summed E-state index contributed by atoms with van der Waals surface area (Å²) >= 11 is 1.46. The largest absolute Gasteiger partial charge is 0.302 e. The molecule has 2 aliphatic carbocycles. The highest BCUT2D eigenvalue weighted by Gasteiger charge is 2.40. The van der Waals surface area contributed by atoms with Crippen LogP contribution in [0.2, 0.25) is 0 Å². The number of hydrogen-bond acceptors (Lipinski definition) is 4. The summed E-state index contributed by atoms with van der Waals surface area (Å²) in [6.07, 6.45) is 7.70. The molecule has 4 nitrogen and oxygen atoms in total. The van der Waals surface area contributed by atoms with Crippen LogP contribution >= 0.6 is 11.3 Å². The maximum Gasteiger partial charge on any atom is 0.226 e. The first-order chi connectivity index (χ1) is 10.8. The first-order valence-electron chi connectivity index (χ1n) is 7.94. The van der Waals surface area contributed by atoms with E-state index in [1.165, 1.54) is 37.0 Å². The summed E-state index contributed by atoms with van der Waals surface area (Å²) in [7, 11) is 0. The normalized spacial score (nSPS) is 26.3. The van der Waals surface area contributed by atoms with Gasteiger partial charge < -0.3 is 5.32 Å². The van der Waals surface area contributed by atoms with Crippen molar-refractivity contribution in [2.45, 2.75) is 32.1 Å². The lowest BCUT2D eigenvalue weighted by molar-refractivity contribution is -0.117. The third-order valence-electron chi connectivity index (χ3n) is 5.01. The monoisotopic (exact) mass is 313 g/mol. The molecule has 2 saturated carbocycles. The molecule has 22 heavy (non-hydrogen) atoms. The van der Waals surface area contributed by atoms with Gasteiger partial charge in [0.15, 0.2) is 5.13 Å². The number of fused-ring (bicyclic) bond motifs is 2. The predicted octanol–water partition coefficient (Wildman–Crippen LogP) is 3.97. The number of amides is 1. The molecule has 2 aromatic rings. The highest BCUT2D eigenvalue weighted by molar-refractivity contribution is 7.14. The van der Waals surface area contributed by atoms with Crippen molar-refractivity contribution in [1.82, 2.24) is 9.97 Å². The third-order valence-corrected chi connectivity index (χ3v) is 5.77. The quantitative estimate of drug-likeness (QED) is 0.929. The van der Waals surface area contributed by atoms with E-state index in [0.29, 0.717) is 17.5 Å². The van der Waals surface area contributed by atoms with Crippen LogP contribution in [0.25, 0.3) is 11.4 Å². The first-order valence-corrected chi connectivity index (χ1v) is 8.82. The van der Waals surface area contributed by atoms with Gasteiger partial charge >= 0.3 is 0 Å². The minimum atomic E-state index is 0.111. The van der Waals surface area contributed by atoms with Gasteiger partial charge in [0.1, 0.15) is 5.69 Å². The molecule has 0 spiro atoms. The maximum absolute atomic E-state index is 12.2. The van der Waals surface area contributed by atoms with Crippen molar-refractivity contribution in [3.63, 3.8) is 0 Å². The van der Waals surface area contributed by atoms with Crippen LogP contribution in [0.3, 0.4) is 0 Å². The molecule has 0 saturated heterocycles. The standard InChI is InChI=1S/C17H19N3OS/c21-16(9-13-8-11-4-5-12(13)7-11)20-17-19-15(10-22-17)14-3-1-2-6-18-14/h1-3,6,10-13H,4-5,7-9H2,(H,19,20,21)/t11-,12-,13-/m0/s1. The van der Waals surface area contributed by atoms with Gasteiger partial charge in [-0.05, 0) is 49.1 Å². The van der Waals surface area contributed by atoms with E-state index in [0.717, 1.165) is 23.2 Å². The topological polar surface area (TPSA) is 54.9 Å². The van der Waals surface area contributed by atoms with Gasteiger partial charge in [-0.15, -0.1) is 11.3 Å². The Balaban J connectivity index is 1.37. The summed E-state index contributed by atoms with van der Waals surface area (Å²) in [5.74, 6) is 2.38. The fourth-order valence-corrected chi connectivity index (χ4v) is 4.72. The molecule has 2 aliphatic rings. The number of nitrogens with one attached hydrogen (secondary N) is 1. The van der Waals surface area contributed by atoms with E-state index in [9.17, 15) is 4.79 Å². The molecule has 2 bridgehead atoms. The zero-order valence-electron chi connectivity index (χ0n) is 12.4. The molecule has 0 aliphatic heterocycles. The van der Waals surface area contributed by atoms with Crippen LogP contribution < -0.4 is 5.32 Å². The second kappa shape index (κ2) is 5.80. The zero-order valence-corrected chi connectivity index (χ0v) is 13.2. The number of hydrogen-bond donors (Lipinski definition) is 1. The number of nitrogens with zero attached hydrogens (tertiary/aromatic N) is 2. The minimum Gasteiger partial charge on any atom is -0.302 e. The fraction of sp³-hybridized carbons (Fsp3) is 0.471. The number of thiazole rings is 1. The van der Waals surface area contributed by atoms with Crippen molar-refractivity contribution in [3.05, 3.63) is 29.8 Å². The number of carbonyl (C=O) groups is 1. The Bertz CT molecular complexity index is 670. The number of pyridine rings is 1. The van der Waals surface area contributed by atoms with Gasteiger partial charge in [0.25, 0.3) is 0 Å². The van der Waals surface area contributed by atoms with Crippen LogP contribution in [0.1, 0.15) is 32.1 Å². The van der Waals surface area contributed by atoms with Crippen molar-refractivity contribution < 1.29 is 4.79 Å². The lowest BCUT2D eigenvalue weighted by Crippen LogP contribution is -2.20. The van der Waals surface area contributed by atoms with E-state index in [1.807, 2.05) is 23.6 Å². The molecule has 1 N–H and O–H groups in total. The summed E-state index contributed by atoms with van der Waals surface area (Å²) in [5, 5.41) is 5.57. The first kappa shape index (κ1) is 13.9. The van der Waals surface area contributed by atoms with Gasteiger partial charge in [0, 0.05) is 18.0 Å². The summed E-state index contributed by atoms with van der Waals surface area (Å²) in [4.78, 5) is 21.0. The fourth-order valence-electron chi connectivity index (χ4n) is 4.00. The molecule has 2 heterocycles. The highest BCUT2D eigenvalue weighted by Crippen LogP contribution is 2.49. The van der Waals surface area contributed by atoms with Gasteiger partial charge in [-0.1, -0.05) is 12.5 Å². The molecule has 3 atom stereocenters. The van der Waals surface area contributed by atoms with E-state index in [1.54, 1.807) is 6.20 Å². The van der Waals surface area contributed by atoms with Gasteiger partial charge in [-0.2, -0.15) is 0 Å². The smallest absolute Gasteiger partial charge is 0.226 e. The van der Waals surface area contributed by atoms with Crippen molar-refractivity contribution in [2.75, 3.05) is 5.32 Å². The van der Waals surface area contributed by atoms with Crippen LogP contribution in [0.5, 0.6) is 0 Å². The van der Waals surface area contributed by atoms with Crippen molar-refractivity contribution in [2.24, 2.45) is 17.8 Å². The number of rotatable bonds is 4. The number of carbonyl (C=O) groups excluding carboxylic acids is 1. The second-order valence-electron chi connectivity index (χ2n) is 6.44. The zero-order chi connectivity index (χ0) is 14.9. The Kier molecular flexibility index (Phi) is 3.66. The molecule has 0 radical (unpaired) electrons. The number of anilines is 1. The lowest BCUT2D eigenvalue weighted by Gasteiger charge is -2.20. The Morgan fingerprint density at radius 1 is 1.27 bits per heavy atom. The summed E-state index contributed by atoms with van der Waals surface area (Å²) in [5.41, 5.74) is 1.66. The van der Waals surface area contributed by atoms with Crippen LogP contribution in [0.4, 0.5) is 5.13 Å². The average Bonchev–Trinajstić information content (AvgIpc) is 3.24. The SMILES string of the molecule is O=C(C[C@@H]1C[C@H]2CC[C@H]1C2)Nc1nc(-c2ccccn2)cs1. The molecular weight excluding hydrogens is 294 g/mol. The third kappa shape index (κ3) is 2.77. The van der Waals surface area contributed by atoms with E-state index in [2.05, 4.69) is 15.3 Å². The number of aromatic nitrogens is 2. The Labute approximate surface area is 134 Å². The molecule has 2 fully saturated rings. The molecular formula is C17H19N3OS. The summed E-state index contributed by atoms with van der Waals surface area (Å²) < 4.78 is 0. The summed E-state index contributed by atoms with van der Waals surface area (Å²) in [6.45, 7) is 0. The Hall–Kier alpha value is -1.75. The molecule has 0 aromatic carbocycles. The molecule has 114 valence electrons. The second-order valence-corrected chi connectivity index (χ2v) is 7.30. The van der Waals surface area contributed by atoms with Crippen LogP contribution in [-0.2, 0) is 4.79 Å². The van der Waals surface area contributed by atoms with E-state index < -0.39 is 0 Å². The van der Waals surface area contributed by atoms with E-state index in [-0.39, 0.29) is 5.91 Å². The minimum absolute atomic E-state index is 0.111. The van der Waals surface area contributed by atoms with Crippen LogP contribution in [0, 0.1) is 17.8 Å². The molecule has 4 rings (SSSR count). The van der Waals surface area contributed by atoms with Crippen molar-refractivity contribution >= 4 is 22.4 Å². The highest BCUT2D eigenvalue weighted by atomic mass is 32.1.